The van der Waals surface area contributed by atoms with E-state index < -0.39 is 0 Å². The summed E-state index contributed by atoms with van der Waals surface area (Å²) in [7, 11) is 0. The van der Waals surface area contributed by atoms with Gasteiger partial charge in [-0.3, -0.25) is 0 Å². The minimum Gasteiger partial charge on any atom is -0.486 e. The summed E-state index contributed by atoms with van der Waals surface area (Å²) >= 11 is 1.48. The van der Waals surface area contributed by atoms with Gasteiger partial charge in [0.25, 0.3) is 0 Å². The van der Waals surface area contributed by atoms with Gasteiger partial charge in [0.05, 0.1) is 29.0 Å². The first-order valence-corrected chi connectivity index (χ1v) is 12.3. The van der Waals surface area contributed by atoms with Crippen LogP contribution in [0.5, 0.6) is 5.75 Å². The Morgan fingerprint density at radius 2 is 2.03 bits per heavy atom. The van der Waals surface area contributed by atoms with Crippen molar-refractivity contribution in [3.05, 3.63) is 42.5 Å². The zero-order valence-electron chi connectivity index (χ0n) is 19.0. The molecular weight excluding hydrogens is 439 g/mol. The summed E-state index contributed by atoms with van der Waals surface area (Å²) in [4.78, 5) is 14.5. The average molecular weight is 469 g/mol. The third-order valence-corrected chi connectivity index (χ3v) is 6.98. The summed E-state index contributed by atoms with van der Waals surface area (Å²) in [6.45, 7) is 9.54. The number of anilines is 4. The van der Waals surface area contributed by atoms with E-state index in [0.29, 0.717) is 12.4 Å². The second kappa shape index (κ2) is 9.52. The molecule has 5 rings (SSSR count). The summed E-state index contributed by atoms with van der Waals surface area (Å²) in [6, 6.07) is 7.86. The summed E-state index contributed by atoms with van der Waals surface area (Å²) < 4.78 is 20.4. The maximum absolute atomic E-state index is 14.8. The molecule has 1 saturated heterocycles. The second-order valence-corrected chi connectivity index (χ2v) is 9.62. The van der Waals surface area contributed by atoms with E-state index in [1.807, 2.05) is 18.3 Å². The molecule has 0 aliphatic carbocycles. The lowest BCUT2D eigenvalue weighted by Crippen LogP contribution is -2.38. The van der Waals surface area contributed by atoms with Crippen molar-refractivity contribution < 1.29 is 9.13 Å². The van der Waals surface area contributed by atoms with Crippen LogP contribution in [0.15, 0.2) is 36.7 Å². The van der Waals surface area contributed by atoms with Gasteiger partial charge in [-0.05, 0) is 56.6 Å². The Morgan fingerprint density at radius 1 is 1.12 bits per heavy atom. The minimum absolute atomic E-state index is 0.264. The maximum Gasteiger partial charge on any atom is 0.188 e. The fourth-order valence-electron chi connectivity index (χ4n) is 4.31. The zero-order chi connectivity index (χ0) is 22.8. The molecule has 2 N–H and O–H groups in total. The topological polar surface area (TPSA) is 65.6 Å². The van der Waals surface area contributed by atoms with Crippen LogP contribution in [-0.2, 0) is 0 Å². The monoisotopic (exact) mass is 468 g/mol. The molecule has 2 aliphatic rings. The number of thiazole rings is 1. The summed E-state index contributed by atoms with van der Waals surface area (Å²) in [5, 5.41) is 7.42. The average Bonchev–Trinajstić information content (AvgIpc) is 3.11. The van der Waals surface area contributed by atoms with Crippen LogP contribution in [0.2, 0.25) is 0 Å². The molecule has 1 aromatic carbocycles. The third kappa shape index (κ3) is 4.74. The Morgan fingerprint density at radius 3 is 2.85 bits per heavy atom. The standard InChI is InChI=1S/C24H29FN6OS/c1-16(2)31-10-11-32-23-19(25)12-17(13-20(23)31)21-15-28-24(33-21)29-22-5-4-18(14-27-22)30-8-3-6-26-7-9-30/h4-5,12-16,26H,3,6-11H2,1-2H3,(H,27,28,29). The number of fused-ring (bicyclic) bond motifs is 1. The van der Waals surface area contributed by atoms with Crippen molar-refractivity contribution in [2.75, 3.05) is 54.4 Å². The molecule has 0 unspecified atom stereocenters. The third-order valence-electron chi connectivity index (χ3n) is 6.01. The van der Waals surface area contributed by atoms with E-state index in [-0.39, 0.29) is 11.9 Å². The predicted octanol–water partition coefficient (Wildman–Crippen LogP) is 4.49. The number of hydrogen-bond donors (Lipinski definition) is 2. The van der Waals surface area contributed by atoms with Crippen LogP contribution in [0, 0.1) is 5.82 Å². The van der Waals surface area contributed by atoms with Crippen LogP contribution < -0.4 is 25.2 Å². The molecule has 1 fully saturated rings. The van der Waals surface area contributed by atoms with Crippen molar-refractivity contribution in [2.24, 2.45) is 0 Å². The van der Waals surface area contributed by atoms with Crippen LogP contribution in [-0.4, -0.2) is 55.3 Å². The van der Waals surface area contributed by atoms with Gasteiger partial charge in [-0.2, -0.15) is 0 Å². The smallest absolute Gasteiger partial charge is 0.188 e. The number of aromatic nitrogens is 2. The van der Waals surface area contributed by atoms with Crippen molar-refractivity contribution in [1.29, 1.82) is 0 Å². The molecule has 2 aromatic heterocycles. The number of rotatable bonds is 5. The van der Waals surface area contributed by atoms with E-state index in [4.69, 9.17) is 4.74 Å². The largest absolute Gasteiger partial charge is 0.486 e. The molecule has 9 heteroatoms. The Labute approximate surface area is 197 Å². The Bertz CT molecular complexity index is 1090. The molecule has 4 heterocycles. The minimum atomic E-state index is -0.336. The van der Waals surface area contributed by atoms with E-state index in [1.165, 1.54) is 17.4 Å². The maximum atomic E-state index is 14.8. The molecule has 0 amide bonds. The number of ether oxygens (including phenoxy) is 1. The van der Waals surface area contributed by atoms with Gasteiger partial charge in [-0.25, -0.2) is 14.4 Å². The van der Waals surface area contributed by atoms with Gasteiger partial charge in [0.1, 0.15) is 12.4 Å². The molecule has 2 aliphatic heterocycles. The van der Waals surface area contributed by atoms with E-state index in [2.05, 4.69) is 50.3 Å². The number of pyridine rings is 1. The van der Waals surface area contributed by atoms with Crippen LogP contribution in [0.1, 0.15) is 20.3 Å². The Kier molecular flexibility index (Phi) is 6.32. The molecule has 0 saturated carbocycles. The number of nitrogens with zero attached hydrogens (tertiary/aromatic N) is 4. The van der Waals surface area contributed by atoms with Crippen LogP contribution in [0.3, 0.4) is 0 Å². The number of halogens is 1. The second-order valence-electron chi connectivity index (χ2n) is 8.59. The number of nitrogens with one attached hydrogen (secondary N) is 2. The number of benzene rings is 1. The molecule has 0 atom stereocenters. The molecule has 7 nitrogen and oxygen atoms in total. The summed E-state index contributed by atoms with van der Waals surface area (Å²) in [5.41, 5.74) is 2.73. The quantitative estimate of drug-likeness (QED) is 0.572. The normalized spacial score (nSPS) is 16.4. The van der Waals surface area contributed by atoms with Gasteiger partial charge in [-0.1, -0.05) is 11.3 Å². The first-order chi connectivity index (χ1) is 16.1. The highest BCUT2D eigenvalue weighted by Gasteiger charge is 2.25. The van der Waals surface area contributed by atoms with Crippen molar-refractivity contribution in [2.45, 2.75) is 26.3 Å². The van der Waals surface area contributed by atoms with Crippen LogP contribution in [0.25, 0.3) is 10.4 Å². The molecule has 174 valence electrons. The molecular formula is C24H29FN6OS. The first kappa shape index (κ1) is 21.9. The van der Waals surface area contributed by atoms with E-state index in [1.54, 1.807) is 6.20 Å². The lowest BCUT2D eigenvalue weighted by atomic mass is 10.1. The van der Waals surface area contributed by atoms with Gasteiger partial charge in [0.15, 0.2) is 16.7 Å². The van der Waals surface area contributed by atoms with Gasteiger partial charge >= 0.3 is 0 Å². The molecule has 3 aromatic rings. The molecule has 0 bridgehead atoms. The summed E-state index contributed by atoms with van der Waals surface area (Å²) in [6.07, 6.45) is 4.81. The van der Waals surface area contributed by atoms with E-state index in [0.717, 1.165) is 71.9 Å². The molecule has 0 radical (unpaired) electrons. The van der Waals surface area contributed by atoms with Gasteiger partial charge in [-0.15, -0.1) is 0 Å². The fourth-order valence-corrected chi connectivity index (χ4v) is 5.12. The lowest BCUT2D eigenvalue weighted by molar-refractivity contribution is 0.287. The van der Waals surface area contributed by atoms with Gasteiger partial charge < -0.3 is 25.2 Å². The lowest BCUT2D eigenvalue weighted by Gasteiger charge is -2.34. The Balaban J connectivity index is 1.32. The molecule has 33 heavy (non-hydrogen) atoms. The predicted molar refractivity (Wildman–Crippen MR) is 133 cm³/mol. The van der Waals surface area contributed by atoms with Gasteiger partial charge in [0.2, 0.25) is 0 Å². The number of hydrogen-bond acceptors (Lipinski definition) is 8. The van der Waals surface area contributed by atoms with Crippen LogP contribution in [0.4, 0.5) is 26.7 Å². The highest BCUT2D eigenvalue weighted by Crippen LogP contribution is 2.41. The Hall–Kier alpha value is -2.91. The SMILES string of the molecule is CC(C)N1CCOc2c(F)cc(-c3cnc(Nc4ccc(N5CCCNCC5)cn4)s3)cc21. The van der Waals surface area contributed by atoms with Crippen molar-refractivity contribution >= 4 is 33.7 Å². The summed E-state index contributed by atoms with van der Waals surface area (Å²) in [5.74, 6) is 0.742. The highest BCUT2D eigenvalue weighted by molar-refractivity contribution is 7.18. The van der Waals surface area contributed by atoms with Gasteiger partial charge in [0, 0.05) is 31.9 Å². The van der Waals surface area contributed by atoms with E-state index in [9.17, 15) is 4.39 Å². The van der Waals surface area contributed by atoms with Crippen molar-refractivity contribution in [3.8, 4) is 16.2 Å². The fraction of sp³-hybridized carbons (Fsp3) is 0.417. The molecule has 0 spiro atoms. The first-order valence-electron chi connectivity index (χ1n) is 11.5. The zero-order valence-corrected chi connectivity index (χ0v) is 19.8. The van der Waals surface area contributed by atoms with Crippen molar-refractivity contribution in [3.63, 3.8) is 0 Å². The van der Waals surface area contributed by atoms with Crippen LogP contribution >= 0.6 is 11.3 Å². The van der Waals surface area contributed by atoms with E-state index >= 15 is 0 Å². The highest BCUT2D eigenvalue weighted by atomic mass is 32.1. The van der Waals surface area contributed by atoms with Crippen molar-refractivity contribution in [1.82, 2.24) is 15.3 Å².